The summed E-state index contributed by atoms with van der Waals surface area (Å²) in [5.74, 6) is 0. The molecule has 0 heterocycles. The van der Waals surface area contributed by atoms with E-state index < -0.39 is 31.4 Å². The molecule has 204 valence electrons. The van der Waals surface area contributed by atoms with Crippen LogP contribution in [0.4, 0.5) is 32.0 Å². The van der Waals surface area contributed by atoms with E-state index in [0.29, 0.717) is 12.1 Å². The molecule has 2 nitrogen and oxygen atoms in total. The van der Waals surface area contributed by atoms with Gasteiger partial charge in [-0.1, -0.05) is 72.8 Å². The summed E-state index contributed by atoms with van der Waals surface area (Å²) in [6.45, 7) is 1.91. The number of alkyl halides is 6. The van der Waals surface area contributed by atoms with Gasteiger partial charge in [0.15, 0.2) is 5.11 Å². The quantitative estimate of drug-likeness (QED) is 0.181. The fraction of sp³-hybridized carbons (Fsp3) is 0.207. The molecule has 0 bridgehead atoms. The maximum atomic E-state index is 13.3. The van der Waals surface area contributed by atoms with Gasteiger partial charge < -0.3 is 10.2 Å². The summed E-state index contributed by atoms with van der Waals surface area (Å²) in [5.41, 5.74) is -2.18. The molecule has 4 rings (SSSR count). The van der Waals surface area contributed by atoms with Crippen LogP contribution in [-0.2, 0) is 12.4 Å². The maximum absolute atomic E-state index is 13.3. The van der Waals surface area contributed by atoms with Crippen LogP contribution in [0.3, 0.4) is 0 Å². The number of allylic oxidation sites excluding steroid dienone is 2. The van der Waals surface area contributed by atoms with Crippen LogP contribution in [0, 0.1) is 0 Å². The van der Waals surface area contributed by atoms with E-state index in [4.69, 9.17) is 12.2 Å². The lowest BCUT2D eigenvalue weighted by molar-refractivity contribution is -0.143. The lowest BCUT2D eigenvalue weighted by atomic mass is 10.1. The molecule has 39 heavy (non-hydrogen) atoms. The highest BCUT2D eigenvalue weighted by atomic mass is 32.1. The number of anilines is 1. The van der Waals surface area contributed by atoms with E-state index >= 15 is 0 Å². The van der Waals surface area contributed by atoms with Crippen molar-refractivity contribution >= 4 is 41.5 Å². The Morgan fingerprint density at radius 2 is 1.33 bits per heavy atom. The number of rotatable bonds is 6. The summed E-state index contributed by atoms with van der Waals surface area (Å²) >= 11 is 5.45. The van der Waals surface area contributed by atoms with E-state index in [-0.39, 0.29) is 22.9 Å². The molecule has 0 spiro atoms. The number of hydrogen-bond acceptors (Lipinski definition) is 1. The number of hydrogen-bond donors (Lipinski definition) is 1. The first-order valence-electron chi connectivity index (χ1n) is 12.0. The zero-order chi connectivity index (χ0) is 28.4. The molecular weight excluding hydrogens is 553 g/mol. The molecule has 1 N–H and O–H groups in total. The Labute approximate surface area is 229 Å². The molecule has 0 saturated heterocycles. The second kappa shape index (κ2) is 11.5. The van der Waals surface area contributed by atoms with Gasteiger partial charge in [0.05, 0.1) is 17.2 Å². The monoisotopic (exact) mass is 578 g/mol. The molecule has 0 aromatic heterocycles. The zero-order valence-corrected chi connectivity index (χ0v) is 22.7. The van der Waals surface area contributed by atoms with Crippen molar-refractivity contribution in [2.24, 2.45) is 0 Å². The van der Waals surface area contributed by atoms with Crippen LogP contribution in [0.2, 0.25) is 0 Å². The van der Waals surface area contributed by atoms with Gasteiger partial charge in [-0.25, -0.2) is 0 Å². The van der Waals surface area contributed by atoms with Gasteiger partial charge in [-0.15, -0.1) is 0 Å². The minimum Gasteiger partial charge on any atom is -0.345 e. The molecule has 1 aliphatic carbocycles. The summed E-state index contributed by atoms with van der Waals surface area (Å²) in [5, 5.41) is 6.16. The number of halogens is 6. The molecule has 0 saturated carbocycles. The van der Waals surface area contributed by atoms with Crippen LogP contribution >= 0.6 is 20.1 Å². The number of thiocarbonyl (C=S) groups is 1. The van der Waals surface area contributed by atoms with Crippen molar-refractivity contribution in [3.63, 3.8) is 0 Å². The van der Waals surface area contributed by atoms with Crippen LogP contribution in [0.5, 0.6) is 0 Å². The number of benzene rings is 3. The molecule has 0 unspecified atom stereocenters. The van der Waals surface area contributed by atoms with Crippen LogP contribution in [-0.4, -0.2) is 23.1 Å². The summed E-state index contributed by atoms with van der Waals surface area (Å²) in [6, 6.07) is 21.3. The Morgan fingerprint density at radius 3 is 1.79 bits per heavy atom. The van der Waals surface area contributed by atoms with Gasteiger partial charge in [-0.05, 0) is 73.2 Å². The minimum absolute atomic E-state index is 0.00542. The average Bonchev–Trinajstić information content (AvgIpc) is 3.37. The van der Waals surface area contributed by atoms with Crippen LogP contribution in [0.15, 0.2) is 102 Å². The molecule has 1 aliphatic rings. The van der Waals surface area contributed by atoms with Gasteiger partial charge in [0, 0.05) is 12.7 Å². The largest absolute Gasteiger partial charge is 0.416 e. The molecule has 0 radical (unpaired) electrons. The number of nitrogens with one attached hydrogen (secondary N) is 1. The lowest BCUT2D eigenvalue weighted by Gasteiger charge is -2.31. The first-order valence-corrected chi connectivity index (χ1v) is 13.7. The van der Waals surface area contributed by atoms with E-state index in [1.165, 1.54) is 15.9 Å². The summed E-state index contributed by atoms with van der Waals surface area (Å²) < 4.78 is 79.9. The molecule has 1 atom stereocenters. The second-order valence-electron chi connectivity index (χ2n) is 9.03. The Balaban J connectivity index is 1.65. The highest BCUT2D eigenvalue weighted by Crippen LogP contribution is 2.49. The summed E-state index contributed by atoms with van der Waals surface area (Å²) in [6.07, 6.45) is -5.08. The van der Waals surface area contributed by atoms with Crippen molar-refractivity contribution in [1.82, 2.24) is 4.90 Å². The van der Waals surface area contributed by atoms with Crippen molar-refractivity contribution in [2.75, 3.05) is 12.4 Å². The smallest absolute Gasteiger partial charge is 0.345 e. The minimum atomic E-state index is -4.95. The molecule has 3 aromatic carbocycles. The maximum Gasteiger partial charge on any atom is 0.416 e. The predicted octanol–water partition coefficient (Wildman–Crippen LogP) is 8.09. The molecule has 10 heteroatoms. The van der Waals surface area contributed by atoms with Gasteiger partial charge in [-0.3, -0.25) is 0 Å². The van der Waals surface area contributed by atoms with Crippen molar-refractivity contribution < 1.29 is 26.3 Å². The molecule has 0 aliphatic heterocycles. The van der Waals surface area contributed by atoms with Crippen molar-refractivity contribution in [1.29, 1.82) is 0 Å². The number of nitrogens with zero attached hydrogens (tertiary/aromatic N) is 1. The fourth-order valence-electron chi connectivity index (χ4n) is 4.35. The van der Waals surface area contributed by atoms with E-state index in [9.17, 15) is 26.3 Å². The predicted molar refractivity (Wildman–Crippen MR) is 150 cm³/mol. The van der Waals surface area contributed by atoms with Crippen LogP contribution < -0.4 is 15.9 Å². The number of likely N-dealkylation sites (N-methyl/N-ethyl adjacent to an activating group) is 1. The first-order chi connectivity index (χ1) is 18.4. The topological polar surface area (TPSA) is 15.3 Å². The summed E-state index contributed by atoms with van der Waals surface area (Å²) in [4.78, 5) is 1.65. The van der Waals surface area contributed by atoms with Gasteiger partial charge in [0.2, 0.25) is 0 Å². The third kappa shape index (κ3) is 6.71. The van der Waals surface area contributed by atoms with Gasteiger partial charge in [0.25, 0.3) is 0 Å². The Hall–Kier alpha value is -3.16. The van der Waals surface area contributed by atoms with Crippen molar-refractivity contribution in [2.45, 2.75) is 31.7 Å². The highest BCUT2D eigenvalue weighted by Gasteiger charge is 2.37. The van der Waals surface area contributed by atoms with Crippen LogP contribution in [0.25, 0.3) is 0 Å². The molecule has 0 fully saturated rings. The highest BCUT2D eigenvalue weighted by molar-refractivity contribution is 7.80. The molecule has 3 aromatic rings. The average molecular weight is 579 g/mol. The van der Waals surface area contributed by atoms with E-state index in [0.717, 1.165) is 12.0 Å². The molecule has 0 amide bonds. The normalized spacial score (nSPS) is 14.6. The van der Waals surface area contributed by atoms with E-state index in [2.05, 4.69) is 35.7 Å². The first kappa shape index (κ1) is 28.8. The lowest BCUT2D eigenvalue weighted by Crippen LogP contribution is -2.39. The fourth-order valence-corrected chi connectivity index (χ4v) is 7.30. The van der Waals surface area contributed by atoms with Gasteiger partial charge in [-0.2, -0.15) is 26.3 Å². The van der Waals surface area contributed by atoms with E-state index in [1.807, 2.05) is 49.4 Å². The third-order valence-electron chi connectivity index (χ3n) is 6.43. The molecular formula is C29H25F6N2PS. The SMILES string of the molecule is C[C@@H](C1=C(P(c2ccccc2)c2ccccc2)CC=C1)N(C)C(=S)Nc1cc(C(F)(F)F)cc(C(F)(F)F)c1. The van der Waals surface area contributed by atoms with Gasteiger partial charge in [0.1, 0.15) is 0 Å². The van der Waals surface area contributed by atoms with Crippen LogP contribution in [0.1, 0.15) is 24.5 Å². The Kier molecular flexibility index (Phi) is 8.52. The van der Waals surface area contributed by atoms with Crippen molar-refractivity contribution in [3.05, 3.63) is 113 Å². The summed E-state index contributed by atoms with van der Waals surface area (Å²) in [7, 11) is 0.795. The third-order valence-corrected chi connectivity index (χ3v) is 9.43. The second-order valence-corrected chi connectivity index (χ2v) is 11.7. The van der Waals surface area contributed by atoms with Crippen molar-refractivity contribution in [3.8, 4) is 0 Å². The van der Waals surface area contributed by atoms with E-state index in [1.54, 1.807) is 11.9 Å². The Bertz CT molecular complexity index is 1310. The zero-order valence-electron chi connectivity index (χ0n) is 21.0. The standard InChI is InChI=1S/C29H25F6N2PS/c1-19(37(2)27(39)36-22-17-20(28(30,31)32)16-21(18-22)29(33,34)35)25-14-9-15-26(25)38(23-10-5-3-6-11-23)24-12-7-4-8-13-24/h3-14,16-19H,15H2,1-2H3,(H,36,39)/t19-/m0/s1. The Morgan fingerprint density at radius 1 is 0.846 bits per heavy atom. The van der Waals surface area contributed by atoms with Gasteiger partial charge >= 0.3 is 12.4 Å².